The molecule has 2 amide bonds. The van der Waals surface area contributed by atoms with Gasteiger partial charge in [-0.15, -0.1) is 0 Å². The Kier molecular flexibility index (Phi) is 8.19. The number of nitrogens with one attached hydrogen (secondary N) is 2. The highest BCUT2D eigenvalue weighted by Crippen LogP contribution is 2.28. The molecule has 0 unspecified atom stereocenters. The fourth-order valence-corrected chi connectivity index (χ4v) is 3.58. The second kappa shape index (κ2) is 11.1. The molecule has 0 radical (unpaired) electrons. The minimum Gasteiger partial charge on any atom is -0.369 e. The van der Waals surface area contributed by atoms with Crippen LogP contribution in [-0.2, 0) is 22.7 Å². The van der Waals surface area contributed by atoms with Crippen molar-refractivity contribution in [2.75, 3.05) is 11.9 Å². The lowest BCUT2D eigenvalue weighted by atomic mass is 10.1. The van der Waals surface area contributed by atoms with Crippen molar-refractivity contribution < 1.29 is 23.1 Å². The molecule has 0 saturated heterocycles. The summed E-state index contributed by atoms with van der Waals surface area (Å²) in [5.74, 6) is -3.47. The van der Waals surface area contributed by atoms with Crippen LogP contribution in [0.3, 0.4) is 0 Å². The third-order valence-electron chi connectivity index (χ3n) is 4.78. The third kappa shape index (κ3) is 6.75. The van der Waals surface area contributed by atoms with Crippen molar-refractivity contribution in [1.29, 1.82) is 0 Å². The molecule has 0 aliphatic carbocycles. The zero-order valence-electron chi connectivity index (χ0n) is 18.7. The van der Waals surface area contributed by atoms with Gasteiger partial charge in [-0.2, -0.15) is 20.1 Å². The van der Waals surface area contributed by atoms with Gasteiger partial charge in [-0.1, -0.05) is 6.58 Å². The first kappa shape index (κ1) is 25.1. The quantitative estimate of drug-likeness (QED) is 0.401. The number of aromatic nitrogens is 2. The van der Waals surface area contributed by atoms with E-state index >= 15 is 0 Å². The average molecular weight is 487 g/mol. The molecular weight excluding hydrogens is 462 g/mol. The maximum atomic E-state index is 13.8. The Hall–Kier alpha value is -3.50. The Labute approximate surface area is 199 Å². The SMILES string of the molecule is C=C(C)C(F)(F)COCc1ncc(CNC(=O)c2ccnc(NC(C)=O)c2)cc1-c1ccsc1. The van der Waals surface area contributed by atoms with Gasteiger partial charge in [0.2, 0.25) is 5.91 Å². The maximum absolute atomic E-state index is 13.8. The van der Waals surface area contributed by atoms with E-state index in [1.165, 1.54) is 43.5 Å². The number of alkyl halides is 2. The van der Waals surface area contributed by atoms with Gasteiger partial charge in [-0.25, -0.2) is 4.98 Å². The smallest absolute Gasteiger partial charge is 0.291 e. The predicted molar refractivity (Wildman–Crippen MR) is 127 cm³/mol. The highest BCUT2D eigenvalue weighted by Gasteiger charge is 2.30. The van der Waals surface area contributed by atoms with Crippen molar-refractivity contribution in [3.63, 3.8) is 0 Å². The van der Waals surface area contributed by atoms with Crippen LogP contribution in [0.25, 0.3) is 11.1 Å². The number of carbonyl (C=O) groups is 2. The number of nitrogens with zero attached hydrogens (tertiary/aromatic N) is 2. The topological polar surface area (TPSA) is 93.2 Å². The first-order valence-electron chi connectivity index (χ1n) is 10.3. The van der Waals surface area contributed by atoms with Gasteiger partial charge in [0.25, 0.3) is 11.8 Å². The highest BCUT2D eigenvalue weighted by atomic mass is 32.1. The van der Waals surface area contributed by atoms with E-state index in [0.717, 1.165) is 16.7 Å². The molecule has 0 aromatic carbocycles. The van der Waals surface area contributed by atoms with Crippen LogP contribution in [0.5, 0.6) is 0 Å². The Morgan fingerprint density at radius 2 is 2.00 bits per heavy atom. The monoisotopic (exact) mass is 486 g/mol. The fourth-order valence-electron chi connectivity index (χ4n) is 2.92. The van der Waals surface area contributed by atoms with Crippen molar-refractivity contribution in [2.24, 2.45) is 0 Å². The lowest BCUT2D eigenvalue weighted by Crippen LogP contribution is -2.25. The minimum absolute atomic E-state index is 0.0936. The summed E-state index contributed by atoms with van der Waals surface area (Å²) in [5.41, 5.74) is 2.94. The summed E-state index contributed by atoms with van der Waals surface area (Å²) in [7, 11) is 0. The third-order valence-corrected chi connectivity index (χ3v) is 5.47. The Morgan fingerprint density at radius 3 is 2.68 bits per heavy atom. The second-order valence-corrected chi connectivity index (χ2v) is 8.40. The average Bonchev–Trinajstić information content (AvgIpc) is 3.32. The van der Waals surface area contributed by atoms with Crippen LogP contribution in [0, 0.1) is 0 Å². The van der Waals surface area contributed by atoms with Crippen molar-refractivity contribution in [3.8, 4) is 11.1 Å². The number of hydrogen-bond acceptors (Lipinski definition) is 6. The molecule has 0 fully saturated rings. The first-order valence-corrected chi connectivity index (χ1v) is 11.2. The molecule has 0 bridgehead atoms. The maximum Gasteiger partial charge on any atom is 0.291 e. The molecule has 0 spiro atoms. The minimum atomic E-state index is -3.11. The van der Waals surface area contributed by atoms with E-state index < -0.39 is 12.5 Å². The van der Waals surface area contributed by atoms with Crippen LogP contribution in [-0.4, -0.2) is 34.3 Å². The number of carbonyl (C=O) groups excluding carboxylic acids is 2. The van der Waals surface area contributed by atoms with Gasteiger partial charge in [0.05, 0.1) is 12.3 Å². The summed E-state index contributed by atoms with van der Waals surface area (Å²) in [4.78, 5) is 32.2. The summed E-state index contributed by atoms with van der Waals surface area (Å²) in [6, 6.07) is 6.76. The van der Waals surface area contributed by atoms with Gasteiger partial charge in [-0.05, 0) is 58.6 Å². The first-order chi connectivity index (χ1) is 16.2. The van der Waals surface area contributed by atoms with Gasteiger partial charge in [0.15, 0.2) is 0 Å². The normalized spacial score (nSPS) is 11.2. The zero-order chi connectivity index (χ0) is 24.7. The van der Waals surface area contributed by atoms with Crippen LogP contribution in [0.2, 0.25) is 0 Å². The fraction of sp³-hybridized carbons (Fsp3) is 0.250. The highest BCUT2D eigenvalue weighted by molar-refractivity contribution is 7.08. The number of rotatable bonds is 10. The Bertz CT molecular complexity index is 1180. The van der Waals surface area contributed by atoms with Gasteiger partial charge in [0, 0.05) is 37.0 Å². The molecular formula is C24H24F2N4O3S. The number of pyridine rings is 2. The Balaban J connectivity index is 1.71. The standard InChI is InChI=1S/C24H24F2N4O3S/c1-15(2)24(25,26)14-33-12-21-20(19-5-7-34-13-19)8-17(10-28-21)11-29-23(32)18-4-6-27-22(9-18)30-16(3)31/h4-10,13H,1,11-12,14H2,2-3H3,(H,29,32)(H,27,30,31). The van der Waals surface area contributed by atoms with E-state index in [0.29, 0.717) is 11.3 Å². The summed E-state index contributed by atoms with van der Waals surface area (Å²) >= 11 is 1.50. The molecule has 178 valence electrons. The lowest BCUT2D eigenvalue weighted by molar-refractivity contribution is -0.114. The molecule has 3 rings (SSSR count). The predicted octanol–water partition coefficient (Wildman–Crippen LogP) is 4.82. The largest absolute Gasteiger partial charge is 0.369 e. The zero-order valence-corrected chi connectivity index (χ0v) is 19.5. The summed E-state index contributed by atoms with van der Waals surface area (Å²) in [6.07, 6.45) is 3.00. The van der Waals surface area contributed by atoms with Crippen molar-refractivity contribution in [3.05, 3.63) is 76.4 Å². The molecule has 0 atom stereocenters. The number of anilines is 1. The molecule has 0 aliphatic heterocycles. The summed E-state index contributed by atoms with van der Waals surface area (Å²) in [5, 5.41) is 9.16. The molecule has 7 nitrogen and oxygen atoms in total. The van der Waals surface area contributed by atoms with Crippen molar-refractivity contribution in [2.45, 2.75) is 32.9 Å². The van der Waals surface area contributed by atoms with Crippen LogP contribution in [0.15, 0.2) is 59.6 Å². The molecule has 2 N–H and O–H groups in total. The van der Waals surface area contributed by atoms with Crippen molar-refractivity contribution >= 4 is 29.0 Å². The van der Waals surface area contributed by atoms with E-state index in [4.69, 9.17) is 4.74 Å². The van der Waals surface area contributed by atoms with Crippen LogP contribution in [0.1, 0.15) is 35.5 Å². The molecule has 3 aromatic rings. The van der Waals surface area contributed by atoms with Crippen molar-refractivity contribution in [1.82, 2.24) is 15.3 Å². The molecule has 34 heavy (non-hydrogen) atoms. The van der Waals surface area contributed by atoms with E-state index in [9.17, 15) is 18.4 Å². The number of ether oxygens (including phenoxy) is 1. The summed E-state index contributed by atoms with van der Waals surface area (Å²) in [6.45, 7) is 5.22. The molecule has 0 aliphatic rings. The second-order valence-electron chi connectivity index (χ2n) is 7.62. The van der Waals surface area contributed by atoms with Gasteiger partial charge in [0.1, 0.15) is 12.4 Å². The molecule has 3 heterocycles. The Morgan fingerprint density at radius 1 is 1.21 bits per heavy atom. The van der Waals surface area contributed by atoms with Gasteiger partial charge >= 0.3 is 0 Å². The van der Waals surface area contributed by atoms with Crippen LogP contribution in [0.4, 0.5) is 14.6 Å². The van der Waals surface area contributed by atoms with E-state index in [-0.39, 0.29) is 36.4 Å². The van der Waals surface area contributed by atoms with Crippen LogP contribution < -0.4 is 10.6 Å². The molecule has 0 saturated carbocycles. The van der Waals surface area contributed by atoms with E-state index in [1.54, 1.807) is 6.20 Å². The number of hydrogen-bond donors (Lipinski definition) is 2. The number of halogens is 2. The molecule has 3 aromatic heterocycles. The number of amides is 2. The number of thiophene rings is 1. The van der Waals surface area contributed by atoms with Gasteiger partial charge < -0.3 is 15.4 Å². The lowest BCUT2D eigenvalue weighted by Gasteiger charge is -2.17. The van der Waals surface area contributed by atoms with E-state index in [1.807, 2.05) is 22.9 Å². The van der Waals surface area contributed by atoms with Gasteiger partial charge in [-0.3, -0.25) is 14.6 Å². The van der Waals surface area contributed by atoms with Crippen LogP contribution >= 0.6 is 11.3 Å². The summed E-state index contributed by atoms with van der Waals surface area (Å²) < 4.78 is 32.8. The van der Waals surface area contributed by atoms with E-state index in [2.05, 4.69) is 27.2 Å². The molecule has 10 heteroatoms.